The van der Waals surface area contributed by atoms with Gasteiger partial charge in [0, 0.05) is 24.9 Å². The Morgan fingerprint density at radius 1 is 1.41 bits per heavy atom. The molecule has 0 aliphatic rings. The minimum Gasteiger partial charge on any atom is -0.399 e. The number of nitrogen functional groups attached to an aromatic ring is 1. The zero-order valence-electron chi connectivity index (χ0n) is 10.4. The normalized spacial score (nSPS) is 10.8. The number of hydrogen-bond donors (Lipinski definition) is 2. The van der Waals surface area contributed by atoms with E-state index in [0.29, 0.717) is 35.7 Å². The van der Waals surface area contributed by atoms with E-state index in [0.717, 1.165) is 13.0 Å². The van der Waals surface area contributed by atoms with Crippen LogP contribution in [0.5, 0.6) is 0 Å². The van der Waals surface area contributed by atoms with Crippen LogP contribution in [0, 0.1) is 5.92 Å². The lowest BCUT2D eigenvalue weighted by Gasteiger charge is -2.08. The molecule has 0 spiro atoms. The molecule has 0 aromatic carbocycles. The molecule has 0 amide bonds. The van der Waals surface area contributed by atoms with Gasteiger partial charge < -0.3 is 15.8 Å². The monoisotopic (exact) mass is 257 g/mol. The van der Waals surface area contributed by atoms with Gasteiger partial charge in [-0.2, -0.15) is 0 Å². The second kappa shape index (κ2) is 7.35. The molecule has 96 valence electrons. The number of ether oxygens (including phenoxy) is 1. The first kappa shape index (κ1) is 14.1. The number of nitrogens with two attached hydrogens (primary N) is 1. The average Bonchev–Trinajstić information content (AvgIpc) is 2.21. The molecule has 1 rings (SSSR count). The molecular formula is C12H20ClN3O. The quantitative estimate of drug-likeness (QED) is 0.583. The van der Waals surface area contributed by atoms with Gasteiger partial charge in [-0.25, -0.2) is 4.98 Å². The van der Waals surface area contributed by atoms with Gasteiger partial charge in [-0.1, -0.05) is 25.4 Å². The molecule has 1 aromatic rings. The van der Waals surface area contributed by atoms with Crippen molar-refractivity contribution in [1.29, 1.82) is 0 Å². The van der Waals surface area contributed by atoms with Crippen molar-refractivity contribution in [2.45, 2.75) is 20.3 Å². The predicted octanol–water partition coefficient (Wildman–Crippen LogP) is 2.79. The molecule has 3 N–H and O–H groups in total. The van der Waals surface area contributed by atoms with E-state index < -0.39 is 0 Å². The van der Waals surface area contributed by atoms with Crippen LogP contribution >= 0.6 is 11.6 Å². The molecule has 0 radical (unpaired) electrons. The first-order chi connectivity index (χ1) is 8.08. The van der Waals surface area contributed by atoms with E-state index in [9.17, 15) is 0 Å². The van der Waals surface area contributed by atoms with E-state index in [1.807, 2.05) is 0 Å². The van der Waals surface area contributed by atoms with Gasteiger partial charge in [-0.3, -0.25) is 0 Å². The van der Waals surface area contributed by atoms with Crippen molar-refractivity contribution in [1.82, 2.24) is 4.98 Å². The molecule has 0 saturated carbocycles. The lowest BCUT2D eigenvalue weighted by Crippen LogP contribution is -2.11. The summed E-state index contributed by atoms with van der Waals surface area (Å²) in [6.45, 7) is 6.51. The molecule has 17 heavy (non-hydrogen) atoms. The zero-order valence-corrected chi connectivity index (χ0v) is 11.1. The van der Waals surface area contributed by atoms with Gasteiger partial charge in [-0.05, 0) is 18.4 Å². The number of halogens is 1. The van der Waals surface area contributed by atoms with Crippen LogP contribution in [0.1, 0.15) is 20.3 Å². The van der Waals surface area contributed by atoms with E-state index in [1.165, 1.54) is 0 Å². The molecule has 0 unspecified atom stereocenters. The molecule has 0 fully saturated rings. The van der Waals surface area contributed by atoms with Crippen LogP contribution in [0.2, 0.25) is 5.15 Å². The maximum atomic E-state index is 5.79. The van der Waals surface area contributed by atoms with Gasteiger partial charge in [0.2, 0.25) is 0 Å². The van der Waals surface area contributed by atoms with Crippen LogP contribution in [-0.2, 0) is 4.74 Å². The van der Waals surface area contributed by atoms with E-state index in [-0.39, 0.29) is 0 Å². The Balaban J connectivity index is 2.18. The number of aromatic nitrogens is 1. The van der Waals surface area contributed by atoms with E-state index in [1.54, 1.807) is 12.1 Å². The predicted molar refractivity (Wildman–Crippen MR) is 72.4 cm³/mol. The van der Waals surface area contributed by atoms with E-state index in [4.69, 9.17) is 22.1 Å². The molecule has 1 aromatic heterocycles. The highest BCUT2D eigenvalue weighted by molar-refractivity contribution is 6.29. The number of anilines is 2. The largest absolute Gasteiger partial charge is 0.399 e. The highest BCUT2D eigenvalue weighted by Crippen LogP contribution is 2.15. The molecular weight excluding hydrogens is 238 g/mol. The van der Waals surface area contributed by atoms with Crippen LogP contribution in [-0.4, -0.2) is 24.7 Å². The first-order valence-electron chi connectivity index (χ1n) is 5.82. The summed E-state index contributed by atoms with van der Waals surface area (Å²) < 4.78 is 5.47. The molecule has 1 heterocycles. The summed E-state index contributed by atoms with van der Waals surface area (Å²) in [5.74, 6) is 1.36. The van der Waals surface area contributed by atoms with Gasteiger partial charge in [0.1, 0.15) is 11.0 Å². The summed E-state index contributed by atoms with van der Waals surface area (Å²) in [5.41, 5.74) is 6.25. The molecule has 0 aliphatic carbocycles. The molecule has 5 heteroatoms. The van der Waals surface area contributed by atoms with E-state index >= 15 is 0 Å². The third kappa shape index (κ3) is 6.34. The highest BCUT2D eigenvalue weighted by atomic mass is 35.5. The molecule has 0 saturated heterocycles. The Labute approximate surface area is 108 Å². The fourth-order valence-electron chi connectivity index (χ4n) is 1.28. The molecule has 0 atom stereocenters. The first-order valence-corrected chi connectivity index (χ1v) is 6.20. The van der Waals surface area contributed by atoms with Crippen LogP contribution in [0.4, 0.5) is 11.5 Å². The summed E-state index contributed by atoms with van der Waals surface area (Å²) in [4.78, 5) is 4.10. The smallest absolute Gasteiger partial charge is 0.133 e. The molecule has 4 nitrogen and oxygen atoms in total. The average molecular weight is 258 g/mol. The van der Waals surface area contributed by atoms with Crippen LogP contribution in [0.15, 0.2) is 12.1 Å². The Hall–Kier alpha value is -1.00. The Morgan fingerprint density at radius 3 is 2.82 bits per heavy atom. The van der Waals surface area contributed by atoms with Crippen LogP contribution in [0.25, 0.3) is 0 Å². The summed E-state index contributed by atoms with van der Waals surface area (Å²) >= 11 is 5.79. The topological polar surface area (TPSA) is 60.2 Å². The van der Waals surface area contributed by atoms with Gasteiger partial charge in [0.25, 0.3) is 0 Å². The van der Waals surface area contributed by atoms with Crippen molar-refractivity contribution in [2.24, 2.45) is 5.92 Å². The lowest BCUT2D eigenvalue weighted by molar-refractivity contribution is 0.132. The number of nitrogens with zero attached hydrogens (tertiary/aromatic N) is 1. The van der Waals surface area contributed by atoms with Crippen LogP contribution < -0.4 is 11.1 Å². The second-order valence-electron chi connectivity index (χ2n) is 4.33. The van der Waals surface area contributed by atoms with E-state index in [2.05, 4.69) is 24.1 Å². The summed E-state index contributed by atoms with van der Waals surface area (Å²) in [5, 5.41) is 3.51. The molecule has 0 bridgehead atoms. The van der Waals surface area contributed by atoms with Crippen molar-refractivity contribution >= 4 is 23.1 Å². The Kier molecular flexibility index (Phi) is 6.08. The van der Waals surface area contributed by atoms with Crippen molar-refractivity contribution in [3.05, 3.63) is 17.3 Å². The molecule has 0 aliphatic heterocycles. The van der Waals surface area contributed by atoms with Gasteiger partial charge in [0.15, 0.2) is 0 Å². The van der Waals surface area contributed by atoms with Crippen molar-refractivity contribution in [2.75, 3.05) is 30.8 Å². The fourth-order valence-corrected chi connectivity index (χ4v) is 1.50. The number of hydrogen-bond acceptors (Lipinski definition) is 4. The SMILES string of the molecule is CC(C)CCOCCNc1cc(N)cc(Cl)n1. The number of rotatable bonds is 7. The third-order valence-electron chi connectivity index (χ3n) is 2.21. The number of nitrogens with one attached hydrogen (secondary N) is 1. The summed E-state index contributed by atoms with van der Waals surface area (Å²) in [6, 6.07) is 3.37. The maximum absolute atomic E-state index is 5.79. The summed E-state index contributed by atoms with van der Waals surface area (Å²) in [6.07, 6.45) is 1.09. The standard InChI is InChI=1S/C12H20ClN3O/c1-9(2)3-5-17-6-4-15-12-8-10(14)7-11(13)16-12/h7-9H,3-6H2,1-2H3,(H3,14,15,16). The second-order valence-corrected chi connectivity index (χ2v) is 4.72. The lowest BCUT2D eigenvalue weighted by atomic mass is 10.1. The van der Waals surface area contributed by atoms with Crippen molar-refractivity contribution < 1.29 is 4.74 Å². The van der Waals surface area contributed by atoms with Gasteiger partial charge in [-0.15, -0.1) is 0 Å². The number of pyridine rings is 1. The van der Waals surface area contributed by atoms with Crippen molar-refractivity contribution in [3.8, 4) is 0 Å². The maximum Gasteiger partial charge on any atom is 0.133 e. The third-order valence-corrected chi connectivity index (χ3v) is 2.40. The highest BCUT2D eigenvalue weighted by Gasteiger charge is 1.98. The Morgan fingerprint density at radius 2 is 2.18 bits per heavy atom. The van der Waals surface area contributed by atoms with Crippen LogP contribution in [0.3, 0.4) is 0 Å². The zero-order chi connectivity index (χ0) is 12.7. The Bertz CT molecular complexity index is 324. The summed E-state index contributed by atoms with van der Waals surface area (Å²) in [7, 11) is 0. The van der Waals surface area contributed by atoms with Gasteiger partial charge >= 0.3 is 0 Å². The van der Waals surface area contributed by atoms with Gasteiger partial charge in [0.05, 0.1) is 6.61 Å². The fraction of sp³-hybridized carbons (Fsp3) is 0.583. The minimum absolute atomic E-state index is 0.397. The van der Waals surface area contributed by atoms with Crippen molar-refractivity contribution in [3.63, 3.8) is 0 Å². The minimum atomic E-state index is 0.397.